The van der Waals surface area contributed by atoms with Crippen LogP contribution < -0.4 is 0 Å². The van der Waals surface area contributed by atoms with Crippen LogP contribution in [-0.2, 0) is 10.1 Å². The van der Waals surface area contributed by atoms with Crippen molar-refractivity contribution in [2.45, 2.75) is 72.0 Å². The molecule has 136 valence electrons. The van der Waals surface area contributed by atoms with Crippen molar-refractivity contribution in [3.8, 4) is 0 Å². The Morgan fingerprint density at radius 3 is 1.50 bits per heavy atom. The third-order valence-corrected chi connectivity index (χ3v) is 5.31. The highest BCUT2D eigenvalue weighted by molar-refractivity contribution is 7.86. The molecule has 0 aliphatic carbocycles. The minimum absolute atomic E-state index is 0.0717. The Morgan fingerprint density at radius 2 is 1.27 bits per heavy atom. The Kier molecular flexibility index (Phi) is 12.3. The lowest BCUT2D eigenvalue weighted by molar-refractivity contribution is -0.921. The van der Waals surface area contributed by atoms with E-state index in [4.69, 9.17) is 0 Å². The fraction of sp³-hybridized carbons (Fsp3) is 1.00. The molecular weight excluding hydrogens is 312 g/mol. The molecule has 0 aliphatic rings. The van der Waals surface area contributed by atoms with Crippen molar-refractivity contribution < 1.29 is 26.2 Å². The maximum absolute atomic E-state index is 12.5. The molecule has 0 spiro atoms. The Bertz CT molecular complexity index is 351. The largest absolute Gasteiger partial charge is 0.743 e. The zero-order chi connectivity index (χ0) is 17.9. The number of hydrogen-bond acceptors (Lipinski definition) is 3. The minimum atomic E-state index is -5.47. The van der Waals surface area contributed by atoms with Gasteiger partial charge in [0.05, 0.1) is 26.2 Å². The van der Waals surface area contributed by atoms with E-state index in [1.54, 1.807) is 0 Å². The molecule has 0 heterocycles. The maximum Gasteiger partial charge on any atom is 0.334 e. The molecule has 22 heavy (non-hydrogen) atoms. The zero-order valence-corrected chi connectivity index (χ0v) is 15.5. The molecule has 0 unspecified atom stereocenters. The van der Waals surface area contributed by atoms with Crippen LogP contribution >= 0.6 is 0 Å². The fourth-order valence-electron chi connectivity index (χ4n) is 2.22. The number of halogens is 2. The van der Waals surface area contributed by atoms with Crippen LogP contribution in [0.4, 0.5) is 8.78 Å². The molecule has 4 nitrogen and oxygen atoms in total. The van der Waals surface area contributed by atoms with Gasteiger partial charge in [0.1, 0.15) is 0 Å². The molecule has 0 aliphatic heterocycles. The van der Waals surface area contributed by atoms with Gasteiger partial charge in [-0.3, -0.25) is 0 Å². The fourth-order valence-corrected chi connectivity index (χ4v) is 2.62. The van der Waals surface area contributed by atoms with Crippen LogP contribution in [0.2, 0.25) is 0 Å². The van der Waals surface area contributed by atoms with Gasteiger partial charge >= 0.3 is 5.25 Å². The Hall–Kier alpha value is -0.270. The molecule has 0 amide bonds. The molecule has 0 rings (SSSR count). The Labute approximate surface area is 135 Å². The summed E-state index contributed by atoms with van der Waals surface area (Å²) in [6.45, 7) is 16.1. The van der Waals surface area contributed by atoms with Crippen molar-refractivity contribution in [1.29, 1.82) is 0 Å². The van der Waals surface area contributed by atoms with Crippen LogP contribution in [-0.4, -0.2) is 48.9 Å². The number of rotatable bonds is 10. The molecule has 0 N–H and O–H groups in total. The van der Waals surface area contributed by atoms with Crippen molar-refractivity contribution >= 4 is 10.1 Å². The molecule has 0 atom stereocenters. The van der Waals surface area contributed by atoms with E-state index in [2.05, 4.69) is 27.7 Å². The summed E-state index contributed by atoms with van der Waals surface area (Å²) in [5, 5.41) is -4.10. The Morgan fingerprint density at radius 1 is 0.864 bits per heavy atom. The predicted octanol–water partition coefficient (Wildman–Crippen LogP) is 3.98. The average molecular weight is 345 g/mol. The van der Waals surface area contributed by atoms with Crippen molar-refractivity contribution in [3.05, 3.63) is 0 Å². The highest BCUT2D eigenvalue weighted by atomic mass is 32.2. The van der Waals surface area contributed by atoms with Gasteiger partial charge < -0.3 is 9.04 Å². The highest BCUT2D eigenvalue weighted by Crippen LogP contribution is 2.27. The first kappa shape index (κ1) is 24.0. The molecule has 0 fully saturated rings. The van der Waals surface area contributed by atoms with Gasteiger partial charge in [-0.1, -0.05) is 26.2 Å². The first-order chi connectivity index (χ1) is 10.1. The standard InChI is InChI=1S/C8H20N.C7H14F2O3S/c1-5-9(6-2,7-3)8-4;1-2-3-4-5-6-7(8,9)13(10,11)12/h5-8H2,1-4H3;2-6H2,1H3,(H,10,11,12)/q+1;/p-1. The van der Waals surface area contributed by atoms with Gasteiger partial charge in [-0.15, -0.1) is 0 Å². The van der Waals surface area contributed by atoms with Crippen LogP contribution in [0, 0.1) is 0 Å². The second-order valence-corrected chi connectivity index (χ2v) is 7.01. The van der Waals surface area contributed by atoms with E-state index in [1.165, 1.54) is 30.7 Å². The van der Waals surface area contributed by atoms with E-state index in [0.29, 0.717) is 6.42 Å². The van der Waals surface area contributed by atoms with E-state index < -0.39 is 21.8 Å². The van der Waals surface area contributed by atoms with Crippen LogP contribution in [0.5, 0.6) is 0 Å². The predicted molar refractivity (Wildman–Crippen MR) is 85.8 cm³/mol. The highest BCUT2D eigenvalue weighted by Gasteiger charge is 2.36. The summed E-state index contributed by atoms with van der Waals surface area (Å²) in [6, 6.07) is 0. The first-order valence-corrected chi connectivity index (χ1v) is 9.64. The van der Waals surface area contributed by atoms with Gasteiger partial charge in [-0.25, -0.2) is 8.42 Å². The van der Waals surface area contributed by atoms with Gasteiger partial charge in [0, 0.05) is 6.42 Å². The van der Waals surface area contributed by atoms with Gasteiger partial charge in [0.25, 0.3) is 0 Å². The van der Waals surface area contributed by atoms with Crippen molar-refractivity contribution in [2.75, 3.05) is 26.2 Å². The van der Waals surface area contributed by atoms with E-state index in [1.807, 2.05) is 6.92 Å². The molecule has 0 aromatic rings. The van der Waals surface area contributed by atoms with E-state index in [0.717, 1.165) is 12.8 Å². The third kappa shape index (κ3) is 9.00. The monoisotopic (exact) mass is 345 g/mol. The maximum atomic E-state index is 12.5. The molecular formula is C15H33F2NO3S. The quantitative estimate of drug-likeness (QED) is 0.342. The normalized spacial score (nSPS) is 12.7. The first-order valence-electron chi connectivity index (χ1n) is 8.24. The average Bonchev–Trinajstić information content (AvgIpc) is 2.46. The molecule has 0 saturated carbocycles. The lowest BCUT2D eigenvalue weighted by Crippen LogP contribution is -2.47. The second kappa shape index (κ2) is 11.3. The molecule has 0 saturated heterocycles. The van der Waals surface area contributed by atoms with Crippen molar-refractivity contribution in [2.24, 2.45) is 0 Å². The number of quaternary nitrogens is 1. The van der Waals surface area contributed by atoms with Crippen LogP contribution in [0.15, 0.2) is 0 Å². The summed E-state index contributed by atoms with van der Waals surface area (Å²) in [5.74, 6) is 0. The van der Waals surface area contributed by atoms with Crippen molar-refractivity contribution in [3.63, 3.8) is 0 Å². The van der Waals surface area contributed by atoms with E-state index >= 15 is 0 Å². The van der Waals surface area contributed by atoms with Crippen molar-refractivity contribution in [1.82, 2.24) is 0 Å². The van der Waals surface area contributed by atoms with E-state index in [-0.39, 0.29) is 6.42 Å². The van der Waals surface area contributed by atoms with E-state index in [9.17, 15) is 21.8 Å². The number of hydrogen-bond donors (Lipinski definition) is 0. The smallest absolute Gasteiger partial charge is 0.334 e. The number of unbranched alkanes of at least 4 members (excludes halogenated alkanes) is 3. The van der Waals surface area contributed by atoms with Gasteiger partial charge in [0.15, 0.2) is 10.1 Å². The number of alkyl halides is 2. The second-order valence-electron chi connectivity index (χ2n) is 5.51. The summed E-state index contributed by atoms with van der Waals surface area (Å²) < 4.78 is 56.2. The molecule has 0 radical (unpaired) electrons. The third-order valence-electron chi connectivity index (χ3n) is 4.37. The summed E-state index contributed by atoms with van der Waals surface area (Å²) >= 11 is 0. The molecule has 0 bridgehead atoms. The molecule has 7 heteroatoms. The zero-order valence-electron chi connectivity index (χ0n) is 14.7. The molecule has 0 aromatic heterocycles. The minimum Gasteiger partial charge on any atom is -0.743 e. The van der Waals surface area contributed by atoms with Crippen LogP contribution in [0.1, 0.15) is 66.7 Å². The summed E-state index contributed by atoms with van der Waals surface area (Å²) in [7, 11) is -5.47. The SMILES string of the molecule is CCCCCCC(F)(F)S(=O)(=O)[O-].CC[N+](CC)(CC)CC. The van der Waals surface area contributed by atoms with Crippen LogP contribution in [0.25, 0.3) is 0 Å². The lowest BCUT2D eigenvalue weighted by atomic mass is 10.2. The van der Waals surface area contributed by atoms with Gasteiger partial charge in [-0.05, 0) is 34.1 Å². The lowest BCUT2D eigenvalue weighted by Gasteiger charge is -2.34. The molecule has 0 aromatic carbocycles. The topological polar surface area (TPSA) is 57.2 Å². The Balaban J connectivity index is 0. The van der Waals surface area contributed by atoms with Crippen LogP contribution in [0.3, 0.4) is 0 Å². The summed E-state index contributed by atoms with van der Waals surface area (Å²) in [4.78, 5) is 0. The number of nitrogens with zero attached hydrogens (tertiary/aromatic N) is 1. The van der Waals surface area contributed by atoms with Gasteiger partial charge in [0.2, 0.25) is 0 Å². The van der Waals surface area contributed by atoms with Gasteiger partial charge in [-0.2, -0.15) is 8.78 Å². The summed E-state index contributed by atoms with van der Waals surface area (Å²) in [6.07, 6.45) is 1.38. The summed E-state index contributed by atoms with van der Waals surface area (Å²) in [5.41, 5.74) is 0.